The molecule has 0 spiro atoms. The Morgan fingerprint density at radius 2 is 1.86 bits per heavy atom. The van der Waals surface area contributed by atoms with Crippen molar-refractivity contribution >= 4 is 5.91 Å². The SMILES string of the molecule is O=C(CCc1ccc(F)cc1)N1CCCN(CC2CC2)CC1. The van der Waals surface area contributed by atoms with Gasteiger partial charge in [-0.3, -0.25) is 4.79 Å². The second-order valence-electron chi connectivity index (χ2n) is 6.60. The highest BCUT2D eigenvalue weighted by Gasteiger charge is 2.26. The summed E-state index contributed by atoms with van der Waals surface area (Å²) in [5, 5.41) is 0. The van der Waals surface area contributed by atoms with Crippen LogP contribution in [0.5, 0.6) is 0 Å². The van der Waals surface area contributed by atoms with Gasteiger partial charge in [0.2, 0.25) is 5.91 Å². The average molecular weight is 304 g/mol. The number of rotatable bonds is 5. The van der Waals surface area contributed by atoms with Gasteiger partial charge in [-0.2, -0.15) is 0 Å². The van der Waals surface area contributed by atoms with Gasteiger partial charge in [0.05, 0.1) is 0 Å². The summed E-state index contributed by atoms with van der Waals surface area (Å²) >= 11 is 0. The molecule has 2 aliphatic rings. The van der Waals surface area contributed by atoms with Crippen LogP contribution in [-0.2, 0) is 11.2 Å². The van der Waals surface area contributed by atoms with E-state index in [0.717, 1.165) is 44.1 Å². The van der Waals surface area contributed by atoms with E-state index in [9.17, 15) is 9.18 Å². The van der Waals surface area contributed by atoms with Crippen LogP contribution in [0.25, 0.3) is 0 Å². The Bertz CT molecular complexity index is 498. The molecule has 0 unspecified atom stereocenters. The molecule has 1 aliphatic carbocycles. The highest BCUT2D eigenvalue weighted by atomic mass is 19.1. The molecule has 0 bridgehead atoms. The van der Waals surface area contributed by atoms with Gasteiger partial charge in [-0.05, 0) is 55.8 Å². The van der Waals surface area contributed by atoms with E-state index in [1.807, 2.05) is 4.90 Å². The molecule has 0 atom stereocenters. The van der Waals surface area contributed by atoms with Gasteiger partial charge < -0.3 is 9.80 Å². The summed E-state index contributed by atoms with van der Waals surface area (Å²) in [4.78, 5) is 16.9. The minimum absolute atomic E-state index is 0.224. The average Bonchev–Trinajstić information content (AvgIpc) is 3.34. The zero-order chi connectivity index (χ0) is 15.4. The van der Waals surface area contributed by atoms with E-state index in [2.05, 4.69) is 4.90 Å². The van der Waals surface area contributed by atoms with Gasteiger partial charge in [-0.25, -0.2) is 4.39 Å². The van der Waals surface area contributed by atoms with Crippen LogP contribution in [0.1, 0.15) is 31.2 Å². The third kappa shape index (κ3) is 4.54. The van der Waals surface area contributed by atoms with Crippen molar-refractivity contribution in [3.05, 3.63) is 35.6 Å². The van der Waals surface area contributed by atoms with Crippen LogP contribution in [0, 0.1) is 11.7 Å². The smallest absolute Gasteiger partial charge is 0.222 e. The molecule has 3 nitrogen and oxygen atoms in total. The number of aryl methyl sites for hydroxylation is 1. The van der Waals surface area contributed by atoms with Gasteiger partial charge in [0.1, 0.15) is 5.82 Å². The van der Waals surface area contributed by atoms with E-state index in [1.54, 1.807) is 12.1 Å². The summed E-state index contributed by atoms with van der Waals surface area (Å²) in [6.45, 7) is 5.09. The van der Waals surface area contributed by atoms with Crippen molar-refractivity contribution in [3.8, 4) is 0 Å². The van der Waals surface area contributed by atoms with Crippen molar-refractivity contribution in [2.75, 3.05) is 32.7 Å². The molecule has 1 saturated heterocycles. The lowest BCUT2D eigenvalue weighted by molar-refractivity contribution is -0.131. The van der Waals surface area contributed by atoms with Gasteiger partial charge in [0.25, 0.3) is 0 Å². The molecule has 0 aromatic heterocycles. The summed E-state index contributed by atoms with van der Waals surface area (Å²) in [7, 11) is 0. The fourth-order valence-corrected chi connectivity index (χ4v) is 3.13. The largest absolute Gasteiger partial charge is 0.341 e. The maximum Gasteiger partial charge on any atom is 0.222 e. The predicted octanol–water partition coefficient (Wildman–Crippen LogP) is 2.70. The first kappa shape index (κ1) is 15.5. The topological polar surface area (TPSA) is 23.6 Å². The molecule has 1 saturated carbocycles. The van der Waals surface area contributed by atoms with Crippen molar-refractivity contribution in [2.24, 2.45) is 5.92 Å². The van der Waals surface area contributed by atoms with Gasteiger partial charge in [-0.15, -0.1) is 0 Å². The van der Waals surface area contributed by atoms with Crippen LogP contribution >= 0.6 is 0 Å². The lowest BCUT2D eigenvalue weighted by atomic mass is 10.1. The minimum atomic E-state index is -0.224. The number of hydrogen-bond acceptors (Lipinski definition) is 2. The zero-order valence-electron chi connectivity index (χ0n) is 13.1. The maximum absolute atomic E-state index is 12.9. The van der Waals surface area contributed by atoms with E-state index in [-0.39, 0.29) is 11.7 Å². The van der Waals surface area contributed by atoms with Crippen molar-refractivity contribution in [1.29, 1.82) is 0 Å². The molecule has 1 aromatic rings. The second kappa shape index (κ2) is 7.23. The third-order valence-electron chi connectivity index (χ3n) is 4.70. The molecular formula is C18H25FN2O. The zero-order valence-corrected chi connectivity index (χ0v) is 13.1. The second-order valence-corrected chi connectivity index (χ2v) is 6.60. The molecular weight excluding hydrogens is 279 g/mol. The van der Waals surface area contributed by atoms with Crippen LogP contribution in [0.3, 0.4) is 0 Å². The highest BCUT2D eigenvalue weighted by molar-refractivity contribution is 5.76. The van der Waals surface area contributed by atoms with Crippen molar-refractivity contribution in [3.63, 3.8) is 0 Å². The van der Waals surface area contributed by atoms with E-state index in [1.165, 1.54) is 31.5 Å². The molecule has 3 rings (SSSR count). The summed E-state index contributed by atoms with van der Waals surface area (Å²) in [6.07, 6.45) is 5.07. The van der Waals surface area contributed by atoms with Gasteiger partial charge in [0, 0.05) is 32.6 Å². The summed E-state index contributed by atoms with van der Waals surface area (Å²) < 4.78 is 12.9. The Morgan fingerprint density at radius 1 is 1.09 bits per heavy atom. The van der Waals surface area contributed by atoms with E-state index in [4.69, 9.17) is 0 Å². The highest BCUT2D eigenvalue weighted by Crippen LogP contribution is 2.29. The summed E-state index contributed by atoms with van der Waals surface area (Å²) in [5.41, 5.74) is 1.03. The monoisotopic (exact) mass is 304 g/mol. The first-order valence-electron chi connectivity index (χ1n) is 8.45. The standard InChI is InChI=1S/C18H25FN2O/c19-17-7-4-15(5-8-17)6-9-18(22)21-11-1-10-20(12-13-21)14-16-2-3-16/h4-5,7-8,16H,1-3,6,9-14H2. The lowest BCUT2D eigenvalue weighted by Crippen LogP contribution is -2.35. The molecule has 0 radical (unpaired) electrons. The fourth-order valence-electron chi connectivity index (χ4n) is 3.13. The number of amides is 1. The fraction of sp³-hybridized carbons (Fsp3) is 0.611. The quantitative estimate of drug-likeness (QED) is 0.835. The van der Waals surface area contributed by atoms with E-state index < -0.39 is 0 Å². The van der Waals surface area contributed by atoms with Crippen LogP contribution in [0.15, 0.2) is 24.3 Å². The molecule has 4 heteroatoms. The molecule has 22 heavy (non-hydrogen) atoms. The Kier molecular flexibility index (Phi) is 5.08. The minimum Gasteiger partial charge on any atom is -0.341 e. The summed E-state index contributed by atoms with van der Waals surface area (Å²) in [6, 6.07) is 6.45. The van der Waals surface area contributed by atoms with Gasteiger partial charge in [0.15, 0.2) is 0 Å². The van der Waals surface area contributed by atoms with E-state index in [0.29, 0.717) is 12.8 Å². The Labute approximate surface area is 132 Å². The summed E-state index contributed by atoms with van der Waals surface area (Å²) in [5.74, 6) is 0.927. The molecule has 2 fully saturated rings. The van der Waals surface area contributed by atoms with Crippen molar-refractivity contribution < 1.29 is 9.18 Å². The van der Waals surface area contributed by atoms with Crippen LogP contribution in [-0.4, -0.2) is 48.4 Å². The Hall–Kier alpha value is -1.42. The molecule has 1 heterocycles. The number of halogens is 1. The Balaban J connectivity index is 1.44. The number of hydrogen-bond donors (Lipinski definition) is 0. The van der Waals surface area contributed by atoms with Gasteiger partial charge >= 0.3 is 0 Å². The number of carbonyl (C=O) groups is 1. The maximum atomic E-state index is 12.9. The van der Waals surface area contributed by atoms with Crippen LogP contribution in [0.4, 0.5) is 4.39 Å². The number of benzene rings is 1. The normalized spacial score (nSPS) is 20.0. The van der Waals surface area contributed by atoms with Gasteiger partial charge in [-0.1, -0.05) is 12.1 Å². The van der Waals surface area contributed by atoms with Crippen molar-refractivity contribution in [1.82, 2.24) is 9.80 Å². The van der Waals surface area contributed by atoms with Crippen molar-refractivity contribution in [2.45, 2.75) is 32.1 Å². The number of nitrogens with zero attached hydrogens (tertiary/aromatic N) is 2. The number of carbonyl (C=O) groups excluding carboxylic acids is 1. The third-order valence-corrected chi connectivity index (χ3v) is 4.70. The first-order valence-corrected chi connectivity index (χ1v) is 8.45. The van der Waals surface area contributed by atoms with Crippen LogP contribution < -0.4 is 0 Å². The molecule has 0 N–H and O–H groups in total. The molecule has 1 amide bonds. The first-order chi connectivity index (χ1) is 10.7. The lowest BCUT2D eigenvalue weighted by Gasteiger charge is -2.22. The molecule has 1 aromatic carbocycles. The van der Waals surface area contributed by atoms with Crippen LogP contribution in [0.2, 0.25) is 0 Å². The predicted molar refractivity (Wildman–Crippen MR) is 85.1 cm³/mol. The van der Waals surface area contributed by atoms with E-state index >= 15 is 0 Å². The molecule has 120 valence electrons. The Morgan fingerprint density at radius 3 is 2.59 bits per heavy atom. The molecule has 1 aliphatic heterocycles.